The van der Waals surface area contributed by atoms with Crippen molar-refractivity contribution in [2.24, 2.45) is 0 Å². The highest BCUT2D eigenvalue weighted by molar-refractivity contribution is 5.92. The first-order chi connectivity index (χ1) is 13.4. The molecule has 4 aromatic rings. The third kappa shape index (κ3) is 2.85. The molecule has 0 aromatic carbocycles. The van der Waals surface area contributed by atoms with Crippen LogP contribution in [0.3, 0.4) is 0 Å². The van der Waals surface area contributed by atoms with E-state index in [1.54, 1.807) is 10.7 Å². The molecular weight excluding hydrogens is 371 g/mol. The van der Waals surface area contributed by atoms with Gasteiger partial charge in [-0.05, 0) is 31.7 Å². The van der Waals surface area contributed by atoms with E-state index in [4.69, 9.17) is 4.98 Å². The molecule has 0 saturated heterocycles. The summed E-state index contributed by atoms with van der Waals surface area (Å²) >= 11 is 0. The van der Waals surface area contributed by atoms with Crippen molar-refractivity contribution in [1.82, 2.24) is 29.5 Å². The molecule has 4 heterocycles. The summed E-state index contributed by atoms with van der Waals surface area (Å²) in [6, 6.07) is 0.100. The van der Waals surface area contributed by atoms with Crippen molar-refractivity contribution in [3.05, 3.63) is 36.4 Å². The lowest BCUT2D eigenvalue weighted by molar-refractivity contribution is -0.138. The van der Waals surface area contributed by atoms with Gasteiger partial charge in [-0.2, -0.15) is 23.3 Å². The van der Waals surface area contributed by atoms with Crippen LogP contribution in [0.1, 0.15) is 31.2 Å². The molecule has 1 aliphatic carbocycles. The first kappa shape index (κ1) is 17.0. The van der Waals surface area contributed by atoms with Gasteiger partial charge in [-0.25, -0.2) is 14.5 Å². The molecule has 2 N–H and O–H groups in total. The summed E-state index contributed by atoms with van der Waals surface area (Å²) in [5.41, 5.74) is 3.93. The van der Waals surface area contributed by atoms with E-state index in [0.29, 0.717) is 17.0 Å². The molecule has 1 aliphatic rings. The van der Waals surface area contributed by atoms with Crippen molar-refractivity contribution in [1.29, 1.82) is 0 Å². The predicted octanol–water partition coefficient (Wildman–Crippen LogP) is 3.91. The van der Waals surface area contributed by atoms with Crippen LogP contribution in [0.2, 0.25) is 0 Å². The molecule has 1 fully saturated rings. The molecule has 7 nitrogen and oxygen atoms in total. The highest BCUT2D eigenvalue weighted by Gasteiger charge is 2.36. The van der Waals surface area contributed by atoms with Crippen LogP contribution in [-0.4, -0.2) is 41.8 Å². The maximum atomic E-state index is 12.7. The molecule has 0 spiro atoms. The zero-order valence-corrected chi connectivity index (χ0v) is 14.8. The maximum Gasteiger partial charge on any atom is 0.408 e. The number of hydrogen-bond donors (Lipinski definition) is 2. The van der Waals surface area contributed by atoms with Crippen LogP contribution in [0.15, 0.2) is 30.9 Å². The Morgan fingerprint density at radius 1 is 1.25 bits per heavy atom. The van der Waals surface area contributed by atoms with Crippen LogP contribution >= 0.6 is 0 Å². The second-order valence-electron chi connectivity index (χ2n) is 7.02. The molecule has 144 valence electrons. The Morgan fingerprint density at radius 3 is 2.82 bits per heavy atom. The summed E-state index contributed by atoms with van der Waals surface area (Å²) in [7, 11) is 0. The average Bonchev–Trinajstić information content (AvgIpc) is 3.27. The lowest BCUT2D eigenvalue weighted by Crippen LogP contribution is -2.33. The molecule has 1 saturated carbocycles. The predicted molar refractivity (Wildman–Crippen MR) is 97.0 cm³/mol. The zero-order chi connectivity index (χ0) is 19.5. The molecule has 4 aromatic heterocycles. The smallest absolute Gasteiger partial charge is 0.345 e. The fraction of sp³-hybridized carbons (Fsp3) is 0.333. The summed E-state index contributed by atoms with van der Waals surface area (Å²) in [4.78, 5) is 15.9. The van der Waals surface area contributed by atoms with E-state index in [-0.39, 0.29) is 5.95 Å². The Bertz CT molecular complexity index is 1170. The third-order valence-electron chi connectivity index (χ3n) is 4.96. The Kier molecular flexibility index (Phi) is 3.58. The minimum Gasteiger partial charge on any atom is -0.345 e. The van der Waals surface area contributed by atoms with E-state index in [2.05, 4.69) is 25.4 Å². The normalized spacial score (nSPS) is 16.0. The summed E-state index contributed by atoms with van der Waals surface area (Å²) in [5.74, 6) is 0.441. The fourth-order valence-corrected chi connectivity index (χ4v) is 3.18. The SMILES string of the molecule is CC(Nc1ncc2c(-c3ccn4ncc(C5CC5)c4n3)c[nH]c2n1)C(F)(F)F. The van der Waals surface area contributed by atoms with Crippen LogP contribution < -0.4 is 5.32 Å². The largest absolute Gasteiger partial charge is 0.408 e. The van der Waals surface area contributed by atoms with Crippen molar-refractivity contribution in [2.75, 3.05) is 5.32 Å². The maximum absolute atomic E-state index is 12.7. The van der Waals surface area contributed by atoms with Crippen LogP contribution in [0, 0.1) is 0 Å². The number of hydrogen-bond acceptors (Lipinski definition) is 5. The first-order valence-electron chi connectivity index (χ1n) is 8.92. The molecule has 5 rings (SSSR count). The van der Waals surface area contributed by atoms with Gasteiger partial charge in [-0.15, -0.1) is 0 Å². The number of nitrogens with zero attached hydrogens (tertiary/aromatic N) is 5. The monoisotopic (exact) mass is 387 g/mol. The topological polar surface area (TPSA) is 83.8 Å². The van der Waals surface area contributed by atoms with Crippen molar-refractivity contribution >= 4 is 22.6 Å². The fourth-order valence-electron chi connectivity index (χ4n) is 3.18. The molecule has 10 heteroatoms. The van der Waals surface area contributed by atoms with E-state index >= 15 is 0 Å². The van der Waals surface area contributed by atoms with Gasteiger partial charge < -0.3 is 10.3 Å². The number of rotatable bonds is 4. The molecular formula is C18H16F3N7. The van der Waals surface area contributed by atoms with Crippen molar-refractivity contribution in [3.63, 3.8) is 0 Å². The second-order valence-corrected chi connectivity index (χ2v) is 7.02. The van der Waals surface area contributed by atoms with E-state index in [0.717, 1.165) is 42.2 Å². The number of alkyl halides is 3. The highest BCUT2D eigenvalue weighted by Crippen LogP contribution is 2.41. The Hall–Kier alpha value is -3.17. The molecule has 1 unspecified atom stereocenters. The Morgan fingerprint density at radius 2 is 2.07 bits per heavy atom. The quantitative estimate of drug-likeness (QED) is 0.555. The number of aromatic nitrogens is 6. The van der Waals surface area contributed by atoms with Gasteiger partial charge in [-0.3, -0.25) is 0 Å². The summed E-state index contributed by atoms with van der Waals surface area (Å²) in [6.45, 7) is 1.02. The zero-order valence-electron chi connectivity index (χ0n) is 14.8. The van der Waals surface area contributed by atoms with Gasteiger partial charge in [0.25, 0.3) is 0 Å². The number of aromatic amines is 1. The van der Waals surface area contributed by atoms with Crippen molar-refractivity contribution < 1.29 is 13.2 Å². The van der Waals surface area contributed by atoms with Gasteiger partial charge in [0.1, 0.15) is 11.7 Å². The van der Waals surface area contributed by atoms with E-state index in [1.807, 2.05) is 18.5 Å². The molecule has 0 radical (unpaired) electrons. The average molecular weight is 387 g/mol. The molecule has 0 amide bonds. The van der Waals surface area contributed by atoms with Crippen LogP contribution in [0.25, 0.3) is 27.9 Å². The van der Waals surface area contributed by atoms with Crippen LogP contribution in [-0.2, 0) is 0 Å². The van der Waals surface area contributed by atoms with E-state index in [9.17, 15) is 13.2 Å². The van der Waals surface area contributed by atoms with Crippen LogP contribution in [0.5, 0.6) is 0 Å². The van der Waals surface area contributed by atoms with Gasteiger partial charge >= 0.3 is 6.18 Å². The second kappa shape index (κ2) is 5.91. The molecule has 0 aliphatic heterocycles. The molecule has 28 heavy (non-hydrogen) atoms. The minimum atomic E-state index is -4.37. The van der Waals surface area contributed by atoms with Crippen molar-refractivity contribution in [3.8, 4) is 11.3 Å². The van der Waals surface area contributed by atoms with Gasteiger partial charge in [0.15, 0.2) is 5.65 Å². The van der Waals surface area contributed by atoms with Gasteiger partial charge in [0.2, 0.25) is 5.95 Å². The number of anilines is 1. The lowest BCUT2D eigenvalue weighted by Gasteiger charge is -2.16. The van der Waals surface area contributed by atoms with Crippen molar-refractivity contribution in [2.45, 2.75) is 37.9 Å². The number of fused-ring (bicyclic) bond motifs is 2. The van der Waals surface area contributed by atoms with E-state index < -0.39 is 12.2 Å². The van der Waals surface area contributed by atoms with Crippen LogP contribution in [0.4, 0.5) is 19.1 Å². The number of nitrogens with one attached hydrogen (secondary N) is 2. The van der Waals surface area contributed by atoms with Gasteiger partial charge in [0, 0.05) is 35.1 Å². The number of halogens is 3. The summed E-state index contributed by atoms with van der Waals surface area (Å²) < 4.78 is 39.9. The summed E-state index contributed by atoms with van der Waals surface area (Å²) in [6.07, 6.45) is 4.89. The lowest BCUT2D eigenvalue weighted by atomic mass is 10.1. The van der Waals surface area contributed by atoms with Gasteiger partial charge in [-0.1, -0.05) is 0 Å². The summed E-state index contributed by atoms with van der Waals surface area (Å²) in [5, 5.41) is 7.31. The Labute approximate surface area is 157 Å². The molecule has 1 atom stereocenters. The minimum absolute atomic E-state index is 0.0825. The highest BCUT2D eigenvalue weighted by atomic mass is 19.4. The first-order valence-corrected chi connectivity index (χ1v) is 8.92. The standard InChI is InChI=1S/C18H16F3N7/c1-9(18(19,20)21)25-17-23-7-13-12(6-22-15(13)27-17)14-4-5-28-16(26-14)11(8-24-28)10-2-3-10/h4-10H,2-3H2,1H3,(H2,22,23,25,27). The van der Waals surface area contributed by atoms with E-state index in [1.165, 1.54) is 6.20 Å². The Balaban J connectivity index is 1.51. The third-order valence-corrected chi connectivity index (χ3v) is 4.96. The van der Waals surface area contributed by atoms with Gasteiger partial charge in [0.05, 0.1) is 11.9 Å². The molecule has 0 bridgehead atoms. The number of H-pyrrole nitrogens is 1.